The molecule has 0 spiro atoms. The first kappa shape index (κ1) is 14.7. The lowest BCUT2D eigenvalue weighted by Crippen LogP contribution is -2.13. The zero-order chi connectivity index (χ0) is 16.1. The van der Waals surface area contributed by atoms with Crippen molar-refractivity contribution < 1.29 is 19.4 Å². The third kappa shape index (κ3) is 3.49. The van der Waals surface area contributed by atoms with E-state index in [1.807, 2.05) is 12.1 Å². The smallest absolute Gasteiger partial charge is 0.344 e. The Morgan fingerprint density at radius 3 is 2.00 bits per heavy atom. The van der Waals surface area contributed by atoms with Crippen molar-refractivity contribution in [1.29, 1.82) is 0 Å². The molecule has 0 saturated carbocycles. The monoisotopic (exact) mass is 306 g/mol. The number of hydrogen-bond donors (Lipinski definition) is 1. The number of carbonyl (C=O) groups is 1. The van der Waals surface area contributed by atoms with Crippen molar-refractivity contribution in [3.8, 4) is 11.5 Å². The highest BCUT2D eigenvalue weighted by atomic mass is 16.6. The summed E-state index contributed by atoms with van der Waals surface area (Å²) in [6, 6.07) is 17.6. The van der Waals surface area contributed by atoms with Crippen molar-refractivity contribution in [3.63, 3.8) is 0 Å². The summed E-state index contributed by atoms with van der Waals surface area (Å²) >= 11 is 0. The van der Waals surface area contributed by atoms with Crippen LogP contribution in [-0.2, 0) is 4.79 Å². The molecule has 114 valence electrons. The van der Waals surface area contributed by atoms with E-state index in [2.05, 4.69) is 0 Å². The SMILES string of the molecule is O=C(Oc1ccccc1)C1=CC=C/C1=C(\O)Oc1ccccc1. The third-order valence-corrected chi connectivity index (χ3v) is 3.18. The molecular weight excluding hydrogens is 292 g/mol. The van der Waals surface area contributed by atoms with Crippen LogP contribution in [0, 0.1) is 0 Å². The number of allylic oxidation sites excluding steroid dienone is 3. The van der Waals surface area contributed by atoms with Gasteiger partial charge in [-0.25, -0.2) is 4.79 Å². The molecule has 0 radical (unpaired) electrons. The predicted molar refractivity (Wildman–Crippen MR) is 86.0 cm³/mol. The molecule has 0 heterocycles. The van der Waals surface area contributed by atoms with Crippen LogP contribution in [0.3, 0.4) is 0 Å². The van der Waals surface area contributed by atoms with E-state index in [0.717, 1.165) is 0 Å². The number of para-hydroxylation sites is 2. The van der Waals surface area contributed by atoms with Crippen LogP contribution in [-0.4, -0.2) is 11.1 Å². The first-order valence-corrected chi connectivity index (χ1v) is 7.06. The van der Waals surface area contributed by atoms with Gasteiger partial charge in [0.05, 0.1) is 11.1 Å². The highest BCUT2D eigenvalue weighted by molar-refractivity contribution is 5.97. The summed E-state index contributed by atoms with van der Waals surface area (Å²) in [6.07, 6.45) is 4.83. The number of carbonyl (C=O) groups excluding carboxylic acids is 1. The lowest BCUT2D eigenvalue weighted by atomic mass is 10.1. The summed E-state index contributed by atoms with van der Waals surface area (Å²) in [6.45, 7) is 0. The second kappa shape index (κ2) is 6.66. The van der Waals surface area contributed by atoms with Crippen molar-refractivity contribution >= 4 is 5.97 Å². The van der Waals surface area contributed by atoms with Crippen molar-refractivity contribution in [2.75, 3.05) is 0 Å². The Balaban J connectivity index is 1.77. The molecule has 0 atom stereocenters. The topological polar surface area (TPSA) is 55.8 Å². The number of benzene rings is 2. The van der Waals surface area contributed by atoms with Gasteiger partial charge >= 0.3 is 5.97 Å². The van der Waals surface area contributed by atoms with Crippen molar-refractivity contribution in [2.45, 2.75) is 0 Å². The first-order chi connectivity index (χ1) is 11.2. The van der Waals surface area contributed by atoms with E-state index >= 15 is 0 Å². The van der Waals surface area contributed by atoms with Crippen molar-refractivity contribution in [1.82, 2.24) is 0 Å². The highest BCUT2D eigenvalue weighted by Crippen LogP contribution is 2.25. The van der Waals surface area contributed by atoms with Crippen LogP contribution in [0.5, 0.6) is 11.5 Å². The third-order valence-electron chi connectivity index (χ3n) is 3.18. The van der Waals surface area contributed by atoms with Crippen LogP contribution < -0.4 is 9.47 Å². The van der Waals surface area contributed by atoms with Crippen LogP contribution in [0.1, 0.15) is 0 Å². The van der Waals surface area contributed by atoms with Crippen molar-refractivity contribution in [2.24, 2.45) is 0 Å². The normalized spacial score (nSPS) is 15.0. The van der Waals surface area contributed by atoms with E-state index < -0.39 is 5.97 Å². The van der Waals surface area contributed by atoms with E-state index in [-0.39, 0.29) is 17.1 Å². The largest absolute Gasteiger partial charge is 0.480 e. The molecule has 0 aromatic heterocycles. The molecule has 0 bridgehead atoms. The van der Waals surface area contributed by atoms with Crippen LogP contribution in [0.25, 0.3) is 0 Å². The maximum atomic E-state index is 12.3. The zero-order valence-corrected chi connectivity index (χ0v) is 12.2. The summed E-state index contributed by atoms with van der Waals surface area (Å²) < 4.78 is 10.6. The Hall–Kier alpha value is -3.27. The maximum absolute atomic E-state index is 12.3. The van der Waals surface area contributed by atoms with Gasteiger partial charge in [-0.1, -0.05) is 42.5 Å². The molecule has 0 unspecified atom stereocenters. The van der Waals surface area contributed by atoms with Gasteiger partial charge in [0, 0.05) is 0 Å². The van der Waals surface area contributed by atoms with E-state index in [4.69, 9.17) is 9.47 Å². The Labute approximate surface area is 133 Å². The fraction of sp³-hybridized carbons (Fsp3) is 0. The van der Waals surface area contributed by atoms with E-state index in [1.54, 1.807) is 66.8 Å². The van der Waals surface area contributed by atoms with Crippen LogP contribution in [0.15, 0.2) is 96.0 Å². The molecule has 2 aromatic carbocycles. The van der Waals surface area contributed by atoms with Gasteiger partial charge in [0.25, 0.3) is 5.95 Å². The van der Waals surface area contributed by atoms with Gasteiger partial charge in [0.15, 0.2) is 0 Å². The zero-order valence-electron chi connectivity index (χ0n) is 12.2. The number of rotatable bonds is 4. The molecular formula is C19H14O4. The molecule has 0 amide bonds. The van der Waals surface area contributed by atoms with Crippen LogP contribution in [0.2, 0.25) is 0 Å². The minimum atomic E-state index is -0.556. The Bertz CT molecular complexity index is 787. The average Bonchev–Trinajstić information content (AvgIpc) is 3.06. The Morgan fingerprint density at radius 1 is 0.826 bits per heavy atom. The van der Waals surface area contributed by atoms with Gasteiger partial charge in [-0.2, -0.15) is 0 Å². The second-order valence-electron chi connectivity index (χ2n) is 4.78. The lowest BCUT2D eigenvalue weighted by molar-refractivity contribution is -0.129. The number of aliphatic hydroxyl groups excluding tert-OH is 1. The Kier molecular flexibility index (Phi) is 4.25. The summed E-state index contributed by atoms with van der Waals surface area (Å²) in [5.74, 6) is 0.0160. The molecule has 0 aliphatic heterocycles. The highest BCUT2D eigenvalue weighted by Gasteiger charge is 2.22. The summed E-state index contributed by atoms with van der Waals surface area (Å²) in [4.78, 5) is 12.3. The fourth-order valence-corrected chi connectivity index (χ4v) is 2.09. The predicted octanol–water partition coefficient (Wildman–Crippen LogP) is 3.94. The number of aliphatic hydroxyl groups is 1. The van der Waals surface area contributed by atoms with Crippen LogP contribution >= 0.6 is 0 Å². The molecule has 1 aliphatic rings. The molecule has 0 saturated heterocycles. The summed E-state index contributed by atoms with van der Waals surface area (Å²) in [5.41, 5.74) is 0.525. The van der Waals surface area contributed by atoms with E-state index in [0.29, 0.717) is 11.5 Å². The molecule has 2 aromatic rings. The van der Waals surface area contributed by atoms with Gasteiger partial charge in [-0.3, -0.25) is 0 Å². The lowest BCUT2D eigenvalue weighted by Gasteiger charge is -2.09. The minimum absolute atomic E-state index is 0.238. The van der Waals surface area contributed by atoms with Crippen molar-refractivity contribution in [3.05, 3.63) is 96.0 Å². The minimum Gasteiger partial charge on any atom is -0.480 e. The second-order valence-corrected chi connectivity index (χ2v) is 4.78. The molecule has 1 aliphatic carbocycles. The van der Waals surface area contributed by atoms with E-state index in [1.165, 1.54) is 0 Å². The van der Waals surface area contributed by atoms with Crippen LogP contribution in [0.4, 0.5) is 0 Å². The average molecular weight is 306 g/mol. The molecule has 4 nitrogen and oxygen atoms in total. The Morgan fingerprint density at radius 2 is 1.39 bits per heavy atom. The maximum Gasteiger partial charge on any atom is 0.344 e. The number of esters is 1. The van der Waals surface area contributed by atoms with Gasteiger partial charge in [0.2, 0.25) is 0 Å². The van der Waals surface area contributed by atoms with Gasteiger partial charge in [-0.05, 0) is 36.4 Å². The number of ether oxygens (including phenoxy) is 2. The number of hydrogen-bond acceptors (Lipinski definition) is 4. The molecule has 4 heteroatoms. The van der Waals surface area contributed by atoms with E-state index in [9.17, 15) is 9.90 Å². The van der Waals surface area contributed by atoms with Gasteiger partial charge < -0.3 is 14.6 Å². The fourth-order valence-electron chi connectivity index (χ4n) is 2.09. The quantitative estimate of drug-likeness (QED) is 0.528. The summed E-state index contributed by atoms with van der Waals surface area (Å²) in [5, 5.41) is 10.1. The van der Waals surface area contributed by atoms with Gasteiger partial charge in [-0.15, -0.1) is 0 Å². The van der Waals surface area contributed by atoms with Gasteiger partial charge in [0.1, 0.15) is 11.5 Å². The first-order valence-electron chi connectivity index (χ1n) is 7.06. The molecule has 1 N–H and O–H groups in total. The molecule has 23 heavy (non-hydrogen) atoms. The molecule has 3 rings (SSSR count). The standard InChI is InChI=1S/C19H14O4/c20-18(22-14-8-3-1-4-9-14)16-12-7-13-17(16)19(21)23-15-10-5-2-6-11-15/h1-13,20H/b18-16-. The summed E-state index contributed by atoms with van der Waals surface area (Å²) in [7, 11) is 0. The molecule has 0 fully saturated rings.